The van der Waals surface area contributed by atoms with Crippen LogP contribution in [-0.4, -0.2) is 18.8 Å². The van der Waals surface area contributed by atoms with Gasteiger partial charge in [0, 0.05) is 0 Å². The van der Waals surface area contributed by atoms with Gasteiger partial charge in [-0.3, -0.25) is 0 Å². The summed E-state index contributed by atoms with van der Waals surface area (Å²) < 4.78 is 0. The molecule has 7 heavy (non-hydrogen) atoms. The van der Waals surface area contributed by atoms with Gasteiger partial charge in [-0.15, -0.1) is 11.6 Å². The first kappa shape index (κ1) is 6.56. The van der Waals surface area contributed by atoms with Crippen LogP contribution in [0, 0.1) is 0 Å². The Bertz CT molecular complexity index is 73.3. The summed E-state index contributed by atoms with van der Waals surface area (Å²) in [7, 11) is 1.42. The van der Waals surface area contributed by atoms with E-state index in [2.05, 4.69) is 9.99 Å². The van der Waals surface area contributed by atoms with Crippen molar-refractivity contribution < 1.29 is 4.84 Å². The SMILES string of the molecule is CON=C(N)CCl. The van der Waals surface area contributed by atoms with E-state index in [4.69, 9.17) is 17.3 Å². The van der Waals surface area contributed by atoms with Crippen LogP contribution in [0.1, 0.15) is 0 Å². The predicted molar refractivity (Wildman–Crippen MR) is 29.4 cm³/mol. The highest BCUT2D eigenvalue weighted by Crippen LogP contribution is 1.74. The quantitative estimate of drug-likeness (QED) is 0.245. The van der Waals surface area contributed by atoms with E-state index < -0.39 is 0 Å². The minimum absolute atomic E-state index is 0.216. The van der Waals surface area contributed by atoms with Crippen LogP contribution >= 0.6 is 11.6 Å². The van der Waals surface area contributed by atoms with Crippen LogP contribution in [0.5, 0.6) is 0 Å². The van der Waals surface area contributed by atoms with Gasteiger partial charge in [0.1, 0.15) is 7.11 Å². The van der Waals surface area contributed by atoms with Crippen LogP contribution in [0.15, 0.2) is 5.16 Å². The molecule has 0 aromatic heterocycles. The molecule has 0 bridgehead atoms. The molecule has 0 rings (SSSR count). The Morgan fingerprint density at radius 2 is 2.57 bits per heavy atom. The highest BCUT2D eigenvalue weighted by molar-refractivity contribution is 6.27. The topological polar surface area (TPSA) is 47.6 Å². The zero-order valence-corrected chi connectivity index (χ0v) is 4.77. The molecule has 0 radical (unpaired) electrons. The molecule has 2 N–H and O–H groups in total. The zero-order chi connectivity index (χ0) is 5.70. The molecule has 4 heteroatoms. The van der Waals surface area contributed by atoms with Crippen molar-refractivity contribution >= 4 is 17.4 Å². The number of halogens is 1. The average Bonchev–Trinajstić information content (AvgIpc) is 1.68. The Hall–Kier alpha value is -0.440. The summed E-state index contributed by atoms with van der Waals surface area (Å²) >= 11 is 5.19. The van der Waals surface area contributed by atoms with E-state index in [-0.39, 0.29) is 5.88 Å². The zero-order valence-electron chi connectivity index (χ0n) is 4.02. The number of alkyl halides is 1. The molecule has 0 atom stereocenters. The molecule has 3 nitrogen and oxygen atoms in total. The lowest BCUT2D eigenvalue weighted by Gasteiger charge is -1.88. The largest absolute Gasteiger partial charge is 0.398 e. The predicted octanol–water partition coefficient (Wildman–Crippen LogP) is 0.144. The van der Waals surface area contributed by atoms with Gasteiger partial charge < -0.3 is 10.6 Å². The molecule has 0 aromatic carbocycles. The fourth-order valence-electron chi connectivity index (χ4n) is 0.142. The van der Waals surface area contributed by atoms with Gasteiger partial charge in [0.2, 0.25) is 0 Å². The monoisotopic (exact) mass is 122 g/mol. The van der Waals surface area contributed by atoms with E-state index in [1.165, 1.54) is 7.11 Å². The summed E-state index contributed by atoms with van der Waals surface area (Å²) in [6, 6.07) is 0. The van der Waals surface area contributed by atoms with Crippen molar-refractivity contribution in [3.8, 4) is 0 Å². The maximum atomic E-state index is 5.19. The summed E-state index contributed by atoms with van der Waals surface area (Å²) in [4.78, 5) is 4.27. The summed E-state index contributed by atoms with van der Waals surface area (Å²) in [6.45, 7) is 0. The van der Waals surface area contributed by atoms with E-state index in [1.54, 1.807) is 0 Å². The summed E-state index contributed by atoms with van der Waals surface area (Å²) in [5.41, 5.74) is 5.08. The first-order chi connectivity index (χ1) is 3.31. The van der Waals surface area contributed by atoms with Gasteiger partial charge in [-0.25, -0.2) is 0 Å². The number of nitrogens with two attached hydrogens (primary N) is 1. The first-order valence-corrected chi connectivity index (χ1v) is 2.26. The molecular weight excluding hydrogens is 115 g/mol. The molecule has 0 saturated carbocycles. The molecule has 0 aliphatic carbocycles. The Morgan fingerprint density at radius 3 is 2.71 bits per heavy atom. The molecule has 42 valence electrons. The third-order valence-electron chi connectivity index (χ3n) is 0.345. The summed E-state index contributed by atoms with van der Waals surface area (Å²) in [5, 5.41) is 3.31. The number of rotatable bonds is 2. The van der Waals surface area contributed by atoms with E-state index in [0.29, 0.717) is 5.84 Å². The second-order valence-corrected chi connectivity index (χ2v) is 1.17. The van der Waals surface area contributed by atoms with Crippen LogP contribution in [-0.2, 0) is 4.84 Å². The molecule has 0 fully saturated rings. The van der Waals surface area contributed by atoms with E-state index in [9.17, 15) is 0 Å². The van der Waals surface area contributed by atoms with Gasteiger partial charge in [-0.05, 0) is 0 Å². The van der Waals surface area contributed by atoms with Gasteiger partial charge in [0.15, 0.2) is 5.84 Å². The normalized spacial score (nSPS) is 11.4. The Kier molecular flexibility index (Phi) is 3.50. The van der Waals surface area contributed by atoms with Crippen molar-refractivity contribution in [1.29, 1.82) is 0 Å². The van der Waals surface area contributed by atoms with Gasteiger partial charge >= 0.3 is 0 Å². The Balaban J connectivity index is 3.29. The van der Waals surface area contributed by atoms with Gasteiger partial charge in [-0.1, -0.05) is 5.16 Å². The molecular formula is C3H7ClN2O. The molecule has 0 aliphatic heterocycles. The van der Waals surface area contributed by atoms with Crippen LogP contribution < -0.4 is 5.73 Å². The molecule has 0 aliphatic rings. The summed E-state index contributed by atoms with van der Waals surface area (Å²) in [5.74, 6) is 0.512. The highest BCUT2D eigenvalue weighted by Gasteiger charge is 1.82. The Morgan fingerprint density at radius 1 is 2.00 bits per heavy atom. The molecule has 0 heterocycles. The Labute approximate surface area is 47.1 Å². The van der Waals surface area contributed by atoms with Crippen LogP contribution in [0.2, 0.25) is 0 Å². The first-order valence-electron chi connectivity index (χ1n) is 1.72. The third-order valence-corrected chi connectivity index (χ3v) is 0.619. The van der Waals surface area contributed by atoms with Crippen molar-refractivity contribution in [3.05, 3.63) is 0 Å². The lowest BCUT2D eigenvalue weighted by Crippen LogP contribution is -2.12. The molecule has 0 spiro atoms. The van der Waals surface area contributed by atoms with Crippen LogP contribution in [0.25, 0.3) is 0 Å². The second kappa shape index (κ2) is 3.74. The smallest absolute Gasteiger partial charge is 0.154 e. The summed E-state index contributed by atoms with van der Waals surface area (Å²) in [6.07, 6.45) is 0. The number of nitrogens with zero attached hydrogens (tertiary/aromatic N) is 1. The molecule has 0 amide bonds. The maximum Gasteiger partial charge on any atom is 0.154 e. The van der Waals surface area contributed by atoms with Crippen molar-refractivity contribution in [2.45, 2.75) is 0 Å². The minimum Gasteiger partial charge on any atom is -0.398 e. The fourth-order valence-corrected chi connectivity index (χ4v) is 0.190. The van der Waals surface area contributed by atoms with Crippen molar-refractivity contribution in [3.63, 3.8) is 0 Å². The van der Waals surface area contributed by atoms with E-state index >= 15 is 0 Å². The fraction of sp³-hybridized carbons (Fsp3) is 0.667. The van der Waals surface area contributed by atoms with E-state index in [1.807, 2.05) is 0 Å². The third kappa shape index (κ3) is 3.39. The number of oxime groups is 1. The standard InChI is InChI=1S/C3H7ClN2O/c1-7-6-3(5)2-4/h2H2,1H3,(H2,5,6). The molecule has 0 aromatic rings. The minimum atomic E-state index is 0.216. The lowest BCUT2D eigenvalue weighted by atomic mass is 10.7. The van der Waals surface area contributed by atoms with Crippen LogP contribution in [0.3, 0.4) is 0 Å². The van der Waals surface area contributed by atoms with Crippen LogP contribution in [0.4, 0.5) is 0 Å². The van der Waals surface area contributed by atoms with Gasteiger partial charge in [0.25, 0.3) is 0 Å². The molecule has 0 saturated heterocycles. The van der Waals surface area contributed by atoms with Crippen molar-refractivity contribution in [1.82, 2.24) is 0 Å². The number of hydrogen-bond acceptors (Lipinski definition) is 2. The second-order valence-electron chi connectivity index (χ2n) is 0.899. The number of hydrogen-bond donors (Lipinski definition) is 1. The average molecular weight is 123 g/mol. The van der Waals surface area contributed by atoms with Crippen molar-refractivity contribution in [2.75, 3.05) is 13.0 Å². The van der Waals surface area contributed by atoms with Gasteiger partial charge in [0.05, 0.1) is 5.88 Å². The maximum absolute atomic E-state index is 5.19. The van der Waals surface area contributed by atoms with E-state index in [0.717, 1.165) is 0 Å². The highest BCUT2D eigenvalue weighted by atomic mass is 35.5. The number of amidine groups is 1. The lowest BCUT2D eigenvalue weighted by molar-refractivity contribution is 0.213. The molecule has 0 unspecified atom stereocenters. The van der Waals surface area contributed by atoms with Gasteiger partial charge in [-0.2, -0.15) is 0 Å². The van der Waals surface area contributed by atoms with Crippen molar-refractivity contribution in [2.24, 2.45) is 10.9 Å².